The Morgan fingerprint density at radius 2 is 1.86 bits per heavy atom. The maximum atomic E-state index is 14.0. The van der Waals surface area contributed by atoms with Gasteiger partial charge in [0.1, 0.15) is 18.4 Å². The molecular weight excluding hydrogens is 654 g/mol. The van der Waals surface area contributed by atoms with Crippen molar-refractivity contribution in [3.8, 4) is 17.2 Å². The van der Waals surface area contributed by atoms with Crippen LogP contribution in [0.25, 0.3) is 0 Å². The van der Waals surface area contributed by atoms with Crippen molar-refractivity contribution in [3.63, 3.8) is 0 Å². The minimum atomic E-state index is -0.620. The molecule has 0 aliphatic carbocycles. The Balaban J connectivity index is 1.55. The smallest absolute Gasteiger partial charge is 0.255 e. The van der Waals surface area contributed by atoms with Crippen LogP contribution in [0.15, 0.2) is 81.6 Å². The van der Waals surface area contributed by atoms with Gasteiger partial charge in [-0.1, -0.05) is 54.6 Å². The molecule has 1 unspecified atom stereocenters. The summed E-state index contributed by atoms with van der Waals surface area (Å²) in [7, 11) is 3.15. The number of anilines is 2. The van der Waals surface area contributed by atoms with E-state index in [1.54, 1.807) is 42.8 Å². The first-order chi connectivity index (χ1) is 20.8. The molecule has 0 fully saturated rings. The second-order valence-corrected chi connectivity index (χ2v) is 12.0. The van der Waals surface area contributed by atoms with E-state index < -0.39 is 6.04 Å². The van der Waals surface area contributed by atoms with E-state index in [1.807, 2.05) is 55.5 Å². The maximum absolute atomic E-state index is 14.0. The molecular formula is C31H31BrClN5O4S. The third-order valence-electron chi connectivity index (χ3n) is 6.73. The summed E-state index contributed by atoms with van der Waals surface area (Å²) in [5, 5.41) is 12.4. The number of aromatic nitrogens is 3. The van der Waals surface area contributed by atoms with Gasteiger partial charge in [0, 0.05) is 16.5 Å². The lowest BCUT2D eigenvalue weighted by Gasteiger charge is -2.29. The van der Waals surface area contributed by atoms with Crippen LogP contribution in [0.3, 0.4) is 0 Å². The molecule has 5 rings (SSSR count). The molecule has 0 saturated heterocycles. The van der Waals surface area contributed by atoms with Crippen LogP contribution in [-0.4, -0.2) is 40.6 Å². The van der Waals surface area contributed by atoms with Crippen molar-refractivity contribution in [3.05, 3.63) is 92.6 Å². The van der Waals surface area contributed by atoms with Gasteiger partial charge in [0.25, 0.3) is 5.91 Å². The summed E-state index contributed by atoms with van der Waals surface area (Å²) >= 11 is 11.3. The molecule has 0 saturated carbocycles. The Morgan fingerprint density at radius 3 is 2.58 bits per heavy atom. The first-order valence-corrected chi connectivity index (χ1v) is 15.7. The molecule has 0 radical (unpaired) electrons. The number of para-hydroxylation sites is 2. The lowest BCUT2D eigenvalue weighted by Crippen LogP contribution is -2.31. The van der Waals surface area contributed by atoms with Crippen LogP contribution < -0.4 is 24.8 Å². The summed E-state index contributed by atoms with van der Waals surface area (Å²) in [6, 6.07) is 17.9. The molecule has 1 amide bonds. The predicted octanol–water partition coefficient (Wildman–Crippen LogP) is 7.72. The lowest BCUT2D eigenvalue weighted by atomic mass is 9.94. The summed E-state index contributed by atoms with van der Waals surface area (Å²) < 4.78 is 19.8. The minimum Gasteiger partial charge on any atom is -0.495 e. The number of carbonyl (C=O) groups excluding carboxylic acids is 1. The normalized spacial score (nSPS) is 14.1. The molecule has 9 nitrogen and oxygen atoms in total. The molecule has 0 bridgehead atoms. The van der Waals surface area contributed by atoms with Crippen LogP contribution in [-0.2, 0) is 11.4 Å². The van der Waals surface area contributed by atoms with Gasteiger partial charge in [-0.3, -0.25) is 4.79 Å². The summed E-state index contributed by atoms with van der Waals surface area (Å²) in [6.45, 7) is 4.28. The van der Waals surface area contributed by atoms with Gasteiger partial charge in [0.15, 0.2) is 11.5 Å². The van der Waals surface area contributed by atoms with Crippen LogP contribution in [0.2, 0.25) is 5.02 Å². The summed E-state index contributed by atoms with van der Waals surface area (Å²) in [5.74, 6) is 2.71. The minimum absolute atomic E-state index is 0.304. The van der Waals surface area contributed by atoms with Crippen molar-refractivity contribution in [2.75, 3.05) is 30.6 Å². The molecule has 224 valence electrons. The highest BCUT2D eigenvalue weighted by Crippen LogP contribution is 2.43. The van der Waals surface area contributed by atoms with Crippen LogP contribution in [0, 0.1) is 0 Å². The van der Waals surface area contributed by atoms with Gasteiger partial charge in [0.2, 0.25) is 11.1 Å². The van der Waals surface area contributed by atoms with E-state index in [0.29, 0.717) is 61.4 Å². The van der Waals surface area contributed by atoms with Crippen molar-refractivity contribution in [1.82, 2.24) is 14.8 Å². The number of halogens is 2. The number of nitrogens with zero attached hydrogens (tertiary/aromatic N) is 3. The number of amides is 1. The third kappa shape index (κ3) is 6.79. The average molecular weight is 685 g/mol. The van der Waals surface area contributed by atoms with Gasteiger partial charge < -0.3 is 24.8 Å². The van der Waals surface area contributed by atoms with Crippen molar-refractivity contribution in [2.24, 2.45) is 0 Å². The van der Waals surface area contributed by atoms with Crippen LogP contribution in [0.4, 0.5) is 11.6 Å². The topological polar surface area (TPSA) is 99.5 Å². The number of methoxy groups -OCH3 is 2. The Hall–Kier alpha value is -3.67. The third-order valence-corrected chi connectivity index (χ3v) is 8.62. The molecule has 12 heteroatoms. The molecule has 43 heavy (non-hydrogen) atoms. The summed E-state index contributed by atoms with van der Waals surface area (Å²) in [5.41, 5.74) is 3.40. The van der Waals surface area contributed by atoms with Gasteiger partial charge in [0.05, 0.1) is 30.0 Å². The molecule has 2 N–H and O–H groups in total. The number of hydrogen-bond acceptors (Lipinski definition) is 8. The quantitative estimate of drug-likeness (QED) is 0.155. The SMILES string of the molecule is CCCSc1nc2n(n1)C(c1cc(Br)c(OCc3ccc(Cl)cc3)c(OC)c1)C(C(=O)Nc1ccccc1OC)=C(C)N2. The fraction of sp³-hybridized carbons (Fsp3) is 0.258. The molecule has 1 atom stereocenters. The zero-order valence-electron chi connectivity index (χ0n) is 24.1. The van der Waals surface area contributed by atoms with Crippen LogP contribution in [0.5, 0.6) is 17.2 Å². The van der Waals surface area contributed by atoms with Crippen molar-refractivity contribution in [2.45, 2.75) is 38.1 Å². The molecule has 2 heterocycles. The zero-order chi connectivity index (χ0) is 30.5. The van der Waals surface area contributed by atoms with Gasteiger partial charge in [-0.05, 0) is 76.8 Å². The highest BCUT2D eigenvalue weighted by Gasteiger charge is 2.35. The van der Waals surface area contributed by atoms with E-state index in [0.717, 1.165) is 23.3 Å². The van der Waals surface area contributed by atoms with Crippen molar-refractivity contribution in [1.29, 1.82) is 0 Å². The highest BCUT2D eigenvalue weighted by molar-refractivity contribution is 9.10. The van der Waals surface area contributed by atoms with Crippen molar-refractivity contribution >= 4 is 56.8 Å². The van der Waals surface area contributed by atoms with E-state index in [2.05, 4.69) is 33.5 Å². The maximum Gasteiger partial charge on any atom is 0.255 e. The van der Waals surface area contributed by atoms with E-state index >= 15 is 0 Å². The van der Waals surface area contributed by atoms with E-state index in [4.69, 9.17) is 35.9 Å². The molecule has 3 aromatic carbocycles. The van der Waals surface area contributed by atoms with Gasteiger partial charge in [-0.25, -0.2) is 4.68 Å². The predicted molar refractivity (Wildman–Crippen MR) is 174 cm³/mol. The van der Waals surface area contributed by atoms with E-state index in [1.165, 1.54) is 0 Å². The Bertz CT molecular complexity index is 1660. The Morgan fingerprint density at radius 1 is 1.12 bits per heavy atom. The largest absolute Gasteiger partial charge is 0.495 e. The number of hydrogen-bond donors (Lipinski definition) is 2. The number of benzene rings is 3. The van der Waals surface area contributed by atoms with Gasteiger partial charge in [-0.2, -0.15) is 4.98 Å². The Labute approximate surface area is 268 Å². The lowest BCUT2D eigenvalue weighted by molar-refractivity contribution is -0.113. The summed E-state index contributed by atoms with van der Waals surface area (Å²) in [4.78, 5) is 18.7. The number of carbonyl (C=O) groups is 1. The van der Waals surface area contributed by atoms with E-state index in [9.17, 15) is 4.79 Å². The van der Waals surface area contributed by atoms with Crippen LogP contribution >= 0.6 is 39.3 Å². The monoisotopic (exact) mass is 683 g/mol. The fourth-order valence-corrected chi connectivity index (χ4v) is 6.08. The number of fused-ring (bicyclic) bond motifs is 1. The molecule has 4 aromatic rings. The standard InChI is InChI=1S/C31H31BrClN5O4S/c1-5-14-43-31-36-30-34-18(2)26(29(39)35-23-8-6-7-9-24(23)40-3)27(38(30)37-31)20-15-22(32)28(25(16-20)41-4)42-17-19-10-12-21(33)13-11-19/h6-13,15-16,27H,5,14,17H2,1-4H3,(H,35,39)(H,34,36,37). The number of allylic oxidation sites excluding steroid dienone is 1. The first kappa shape index (κ1) is 30.8. The summed E-state index contributed by atoms with van der Waals surface area (Å²) in [6.07, 6.45) is 0.983. The number of nitrogens with one attached hydrogen (secondary N) is 2. The zero-order valence-corrected chi connectivity index (χ0v) is 27.3. The van der Waals surface area contributed by atoms with Crippen LogP contribution in [0.1, 0.15) is 37.4 Å². The number of thioether (sulfide) groups is 1. The highest BCUT2D eigenvalue weighted by atomic mass is 79.9. The number of ether oxygens (including phenoxy) is 3. The molecule has 1 aliphatic rings. The fourth-order valence-electron chi connectivity index (χ4n) is 4.70. The number of rotatable bonds is 11. The molecule has 0 spiro atoms. The average Bonchev–Trinajstić information content (AvgIpc) is 3.41. The molecule has 1 aromatic heterocycles. The first-order valence-electron chi connectivity index (χ1n) is 13.6. The second-order valence-electron chi connectivity index (χ2n) is 9.68. The molecule has 1 aliphatic heterocycles. The Kier molecular flexibility index (Phi) is 9.84. The van der Waals surface area contributed by atoms with E-state index in [-0.39, 0.29) is 5.91 Å². The van der Waals surface area contributed by atoms with Gasteiger partial charge >= 0.3 is 0 Å². The second kappa shape index (κ2) is 13.7. The van der Waals surface area contributed by atoms with Gasteiger partial charge in [-0.15, -0.1) is 5.10 Å². The van der Waals surface area contributed by atoms with Crippen molar-refractivity contribution < 1.29 is 19.0 Å².